The number of thioether (sulfide) groups is 1. The number of nitrogens with zero attached hydrogens (tertiary/aromatic N) is 2. The molecule has 2 aliphatic carbocycles. The Kier molecular flexibility index (Phi) is 10.1. The molecule has 1 aromatic rings. The Bertz CT molecular complexity index is 1280. The van der Waals surface area contributed by atoms with Crippen LogP contribution in [0.3, 0.4) is 0 Å². The first-order valence-electron chi connectivity index (χ1n) is 12.6. The first kappa shape index (κ1) is 29.3. The van der Waals surface area contributed by atoms with E-state index in [1.165, 1.54) is 23.1 Å². The largest absolute Gasteiger partial charge is 0.320 e. The van der Waals surface area contributed by atoms with Gasteiger partial charge in [-0.25, -0.2) is 0 Å². The molecular formula is C30H36N4O2S2. The number of amides is 2. The quantitative estimate of drug-likeness (QED) is 0.255. The van der Waals surface area contributed by atoms with Gasteiger partial charge in [-0.2, -0.15) is 0 Å². The van der Waals surface area contributed by atoms with E-state index in [0.717, 1.165) is 69.0 Å². The van der Waals surface area contributed by atoms with E-state index in [1.54, 1.807) is 12.2 Å². The molecule has 2 aliphatic rings. The van der Waals surface area contributed by atoms with E-state index in [1.807, 2.05) is 13.8 Å². The van der Waals surface area contributed by atoms with Crippen molar-refractivity contribution in [1.29, 1.82) is 0 Å². The molecule has 8 heteroatoms. The van der Waals surface area contributed by atoms with E-state index in [9.17, 15) is 9.59 Å². The normalized spacial score (nSPS) is 19.1. The molecule has 0 spiro atoms. The topological polar surface area (TPSA) is 84.0 Å². The Morgan fingerprint density at radius 3 is 2.13 bits per heavy atom. The first-order chi connectivity index (χ1) is 18.0. The molecule has 1 heterocycles. The van der Waals surface area contributed by atoms with Crippen LogP contribution in [0.15, 0.2) is 95.0 Å². The molecule has 1 aromatic heterocycles. The molecule has 3 rings (SSSR count). The van der Waals surface area contributed by atoms with Gasteiger partial charge in [-0.05, 0) is 73.1 Å². The van der Waals surface area contributed by atoms with Crippen LogP contribution in [0, 0.1) is 11.8 Å². The van der Waals surface area contributed by atoms with E-state index in [0.29, 0.717) is 23.0 Å². The Labute approximate surface area is 234 Å². The van der Waals surface area contributed by atoms with Gasteiger partial charge in [-0.1, -0.05) is 85.9 Å². The summed E-state index contributed by atoms with van der Waals surface area (Å²) in [5.41, 5.74) is 5.89. The van der Waals surface area contributed by atoms with Crippen molar-refractivity contribution < 1.29 is 9.59 Å². The van der Waals surface area contributed by atoms with Crippen LogP contribution in [-0.2, 0) is 16.0 Å². The zero-order chi connectivity index (χ0) is 28.0. The van der Waals surface area contributed by atoms with Crippen LogP contribution in [0.25, 0.3) is 0 Å². The molecule has 0 saturated heterocycles. The zero-order valence-electron chi connectivity index (χ0n) is 22.3. The molecule has 2 amide bonds. The van der Waals surface area contributed by atoms with Gasteiger partial charge in [0.25, 0.3) is 0 Å². The van der Waals surface area contributed by atoms with Gasteiger partial charge in [0.1, 0.15) is 5.01 Å². The highest BCUT2D eigenvalue weighted by molar-refractivity contribution is 8.06. The fourth-order valence-electron chi connectivity index (χ4n) is 4.68. The Balaban J connectivity index is 1.37. The van der Waals surface area contributed by atoms with Crippen LogP contribution in [0.2, 0.25) is 0 Å². The number of carbonyl (C=O) groups is 2. The highest BCUT2D eigenvalue weighted by Gasteiger charge is 2.31. The summed E-state index contributed by atoms with van der Waals surface area (Å²) in [5, 5.41) is 16.1. The number of carbonyl (C=O) groups excluding carboxylic acids is 2. The van der Waals surface area contributed by atoms with Crippen LogP contribution < -0.4 is 10.6 Å². The Hall–Kier alpha value is -3.23. The molecule has 0 fully saturated rings. The summed E-state index contributed by atoms with van der Waals surface area (Å²) >= 11 is 2.79. The molecule has 0 radical (unpaired) electrons. The molecule has 0 aliphatic heterocycles. The number of hydrogen-bond acceptors (Lipinski definition) is 6. The molecule has 2 N–H and O–H groups in total. The number of hydrogen-bond donors (Lipinski definition) is 2. The lowest BCUT2D eigenvalue weighted by atomic mass is 10.00. The third-order valence-electron chi connectivity index (χ3n) is 6.97. The summed E-state index contributed by atoms with van der Waals surface area (Å²) in [4.78, 5) is 26.4. The average molecular weight is 549 g/mol. The van der Waals surface area contributed by atoms with Gasteiger partial charge in [0.2, 0.25) is 16.9 Å². The maximum atomic E-state index is 12.8. The van der Waals surface area contributed by atoms with Gasteiger partial charge in [0.05, 0.1) is 16.9 Å². The van der Waals surface area contributed by atoms with Crippen molar-refractivity contribution in [2.75, 3.05) is 5.32 Å². The van der Waals surface area contributed by atoms with Crippen LogP contribution in [-0.4, -0.2) is 22.0 Å². The zero-order valence-corrected chi connectivity index (χ0v) is 24.0. The molecule has 2 unspecified atom stereocenters. The van der Waals surface area contributed by atoms with E-state index in [-0.39, 0.29) is 23.7 Å². The molecule has 0 saturated carbocycles. The van der Waals surface area contributed by atoms with Gasteiger partial charge in [0.15, 0.2) is 0 Å². The molecule has 2 atom stereocenters. The standard InChI is InChI=1S/C30H36N4O2S2/c1-9-23-20(6)17(3)15-25(23)28(35)31-22(8)37-19(5)13-11-12-14-27-33-34-30(38-27)32-29(36)26-16-18(4)21(7)24(26)10-2/h9-10,25-26H,1-5,8,11-16H2,6-7H3,(H,31,35)(H,32,34,36). The van der Waals surface area contributed by atoms with Gasteiger partial charge in [0, 0.05) is 6.42 Å². The molecule has 38 heavy (non-hydrogen) atoms. The fourth-order valence-corrected chi connectivity index (χ4v) is 6.21. The SMILES string of the molecule is C=CC1=C(C)C(=C)CC1C(=O)NC(=C)SC(=C)CCCCc1nnc(NC(=O)C2CC(=C)C(C)=C2C=C)s1. The predicted molar refractivity (Wildman–Crippen MR) is 160 cm³/mol. The number of anilines is 1. The second-order valence-corrected chi connectivity index (χ2v) is 11.9. The van der Waals surface area contributed by atoms with Crippen molar-refractivity contribution in [2.24, 2.45) is 11.8 Å². The molecular weight excluding hydrogens is 512 g/mol. The monoisotopic (exact) mass is 548 g/mol. The maximum Gasteiger partial charge on any atom is 0.234 e. The highest BCUT2D eigenvalue weighted by Crippen LogP contribution is 2.38. The lowest BCUT2D eigenvalue weighted by Crippen LogP contribution is -2.28. The minimum absolute atomic E-state index is 0.0906. The van der Waals surface area contributed by atoms with E-state index < -0.39 is 0 Å². The minimum Gasteiger partial charge on any atom is -0.320 e. The van der Waals surface area contributed by atoms with Crippen LogP contribution in [0.4, 0.5) is 5.13 Å². The summed E-state index contributed by atoms with van der Waals surface area (Å²) in [6, 6.07) is 0. The Morgan fingerprint density at radius 2 is 1.55 bits per heavy atom. The lowest BCUT2D eigenvalue weighted by Gasteiger charge is -2.15. The van der Waals surface area contributed by atoms with Crippen molar-refractivity contribution in [3.05, 3.63) is 100 Å². The number of aromatic nitrogens is 2. The van der Waals surface area contributed by atoms with E-state index in [4.69, 9.17) is 0 Å². The predicted octanol–water partition coefficient (Wildman–Crippen LogP) is 7.18. The minimum atomic E-state index is -0.280. The third-order valence-corrected chi connectivity index (χ3v) is 8.71. The average Bonchev–Trinajstić information content (AvgIpc) is 3.52. The van der Waals surface area contributed by atoms with E-state index in [2.05, 4.69) is 60.3 Å². The van der Waals surface area contributed by atoms with Gasteiger partial charge in [-0.3, -0.25) is 14.9 Å². The summed E-state index contributed by atoms with van der Waals surface area (Å²) in [5.74, 6) is -0.745. The molecule has 0 aromatic carbocycles. The van der Waals surface area contributed by atoms with Gasteiger partial charge < -0.3 is 5.32 Å². The van der Waals surface area contributed by atoms with Crippen molar-refractivity contribution in [1.82, 2.24) is 15.5 Å². The Morgan fingerprint density at radius 1 is 0.974 bits per heavy atom. The second-order valence-electron chi connectivity index (χ2n) is 9.54. The van der Waals surface area contributed by atoms with Gasteiger partial charge in [-0.15, -0.1) is 10.2 Å². The summed E-state index contributed by atoms with van der Waals surface area (Å²) in [6.07, 6.45) is 8.07. The van der Waals surface area contributed by atoms with Gasteiger partial charge >= 0.3 is 0 Å². The lowest BCUT2D eigenvalue weighted by molar-refractivity contribution is -0.122. The first-order valence-corrected chi connectivity index (χ1v) is 14.2. The third kappa shape index (κ3) is 6.99. The molecule has 200 valence electrons. The number of allylic oxidation sites excluding steroid dienone is 7. The number of unbranched alkanes of at least 4 members (excludes halogenated alkanes) is 1. The smallest absolute Gasteiger partial charge is 0.234 e. The second kappa shape index (κ2) is 13.0. The molecule has 6 nitrogen and oxygen atoms in total. The highest BCUT2D eigenvalue weighted by atomic mass is 32.2. The van der Waals surface area contributed by atoms with Crippen molar-refractivity contribution in [3.8, 4) is 0 Å². The molecule has 0 bridgehead atoms. The summed E-state index contributed by atoms with van der Waals surface area (Å²) in [6.45, 7) is 27.8. The maximum absolute atomic E-state index is 12.8. The van der Waals surface area contributed by atoms with Crippen molar-refractivity contribution in [3.63, 3.8) is 0 Å². The van der Waals surface area contributed by atoms with Crippen molar-refractivity contribution in [2.45, 2.75) is 52.4 Å². The number of nitrogens with one attached hydrogen (secondary N) is 2. The van der Waals surface area contributed by atoms with Crippen LogP contribution >= 0.6 is 23.1 Å². The summed E-state index contributed by atoms with van der Waals surface area (Å²) in [7, 11) is 0. The number of aryl methyl sites for hydroxylation is 1. The van der Waals surface area contributed by atoms with Crippen molar-refractivity contribution >= 4 is 40.0 Å². The fraction of sp³-hybridized carbons (Fsp3) is 0.333. The van der Waals surface area contributed by atoms with Crippen LogP contribution in [0.1, 0.15) is 51.0 Å². The number of rotatable bonds is 13. The van der Waals surface area contributed by atoms with Crippen LogP contribution in [0.5, 0.6) is 0 Å². The summed E-state index contributed by atoms with van der Waals surface area (Å²) < 4.78 is 0. The van der Waals surface area contributed by atoms with E-state index >= 15 is 0 Å².